The largest absolute Gasteiger partial charge is 0.481 e. The van der Waals surface area contributed by atoms with Crippen LogP contribution in [0.3, 0.4) is 0 Å². The summed E-state index contributed by atoms with van der Waals surface area (Å²) in [5.74, 6) is -0.303. The highest BCUT2D eigenvalue weighted by molar-refractivity contribution is 5.88. The number of ether oxygens (including phenoxy) is 5. The molecule has 0 radical (unpaired) electrons. The van der Waals surface area contributed by atoms with Crippen molar-refractivity contribution in [1.82, 2.24) is 39.2 Å². The SMILES string of the molecule is C.C.C.C.C.C.C.C.C.C.CCCC1CCC1.CCCN(C(=O)CC(C)(C)C(=O)OC)C1CC1.CCCN(C(=O)CC1(C(=O)O)CC1)C1CC1.CCCN(C(=O)CCC1CC1(F)F)C1CC1.CCCN(C(=O)CCC1CC1)C1CC1.CCCN(C(=O)CCO)C1CC1.CCCN(C(=O)OCC1(C)CC1)C1CC1.CCCN(C(=O)OCC1CC1)C(C)C.CCCN(C(=O)OCC1CC1OC)C1CC1. The number of carboxylic acid groups (broad SMARTS) is 1. The monoisotopic (exact) mass is 1960 g/mol. The van der Waals surface area contributed by atoms with Gasteiger partial charge in [0.2, 0.25) is 29.5 Å². The van der Waals surface area contributed by atoms with Gasteiger partial charge < -0.3 is 73.1 Å². The average molecular weight is 1960 g/mol. The van der Waals surface area contributed by atoms with Crippen LogP contribution >= 0.6 is 0 Å². The number of hydrogen-bond acceptors (Lipinski definition) is 16. The van der Waals surface area contributed by atoms with Crippen molar-refractivity contribution in [3.63, 3.8) is 0 Å². The Bertz CT molecular complexity index is 3250. The molecule has 0 saturated heterocycles. The summed E-state index contributed by atoms with van der Waals surface area (Å²) in [6, 6.07) is 3.49. The number of hydrogen-bond donors (Lipinski definition) is 2. The number of esters is 1. The van der Waals surface area contributed by atoms with E-state index in [-0.39, 0.29) is 160 Å². The van der Waals surface area contributed by atoms with Crippen LogP contribution in [0.15, 0.2) is 0 Å². The highest BCUT2D eigenvalue weighted by atomic mass is 19.3. The Morgan fingerprint density at radius 2 is 0.752 bits per heavy atom. The number of halogens is 2. The summed E-state index contributed by atoms with van der Waals surface area (Å²) in [4.78, 5) is 132. The second-order valence-corrected chi connectivity index (χ2v) is 40.5. The highest BCUT2D eigenvalue weighted by Gasteiger charge is 2.57. The second kappa shape index (κ2) is 70.5. The number of rotatable bonds is 47. The summed E-state index contributed by atoms with van der Waals surface area (Å²) in [6.07, 6.45) is 44.6. The van der Waals surface area contributed by atoms with Crippen molar-refractivity contribution in [3.8, 4) is 0 Å². The molecule has 14 fully saturated rings. The molecule has 14 aliphatic rings. The fraction of sp³-hybridized carbons (Fsp3) is 0.909. The van der Waals surface area contributed by atoms with Crippen LogP contribution in [0.5, 0.6) is 0 Å². The number of carbonyl (C=O) groups excluding carboxylic acids is 9. The number of nitrogens with zero attached hydrogens (tertiary/aromatic N) is 8. The van der Waals surface area contributed by atoms with Crippen LogP contribution in [0, 0.1) is 45.8 Å². The van der Waals surface area contributed by atoms with Gasteiger partial charge in [-0.05, 0) is 244 Å². The normalized spacial score (nSPS) is 19.5. The van der Waals surface area contributed by atoms with E-state index in [1.165, 1.54) is 90.6 Å². The molecule has 14 rings (SSSR count). The van der Waals surface area contributed by atoms with Gasteiger partial charge in [-0.25, -0.2) is 23.2 Å². The van der Waals surface area contributed by atoms with Crippen LogP contribution in [0.25, 0.3) is 0 Å². The molecule has 14 saturated carbocycles. The van der Waals surface area contributed by atoms with Crippen LogP contribution in [0.1, 0.15) is 454 Å². The first-order valence-electron chi connectivity index (χ1n) is 50.7. The van der Waals surface area contributed by atoms with E-state index in [1.54, 1.807) is 25.9 Å². The van der Waals surface area contributed by atoms with Gasteiger partial charge in [0, 0.05) is 164 Å². The van der Waals surface area contributed by atoms with Crippen LogP contribution in [0.4, 0.5) is 23.2 Å². The number of carboxylic acids is 1. The van der Waals surface area contributed by atoms with Crippen molar-refractivity contribution < 1.29 is 90.6 Å². The molecule has 0 aliphatic heterocycles. The summed E-state index contributed by atoms with van der Waals surface area (Å²) in [7, 11) is 3.07. The van der Waals surface area contributed by atoms with Gasteiger partial charge in [-0.3, -0.25) is 33.6 Å². The third kappa shape index (κ3) is 54.2. The summed E-state index contributed by atoms with van der Waals surface area (Å²) < 4.78 is 51.1. The van der Waals surface area contributed by atoms with Gasteiger partial charge in [-0.15, -0.1) is 0 Å². The summed E-state index contributed by atoms with van der Waals surface area (Å²) in [6.45, 7) is 37.0. The van der Waals surface area contributed by atoms with E-state index in [9.17, 15) is 56.7 Å². The number of carbonyl (C=O) groups is 10. The maximum absolute atomic E-state index is 12.6. The molecule has 0 heterocycles. The van der Waals surface area contributed by atoms with Crippen molar-refractivity contribution in [2.75, 3.05) is 93.0 Å². The van der Waals surface area contributed by atoms with Crippen molar-refractivity contribution in [1.29, 1.82) is 0 Å². The molecule has 137 heavy (non-hydrogen) atoms. The highest BCUT2D eigenvalue weighted by Crippen LogP contribution is 2.52. The number of aliphatic hydroxyl groups excluding tert-OH is 1. The van der Waals surface area contributed by atoms with E-state index < -0.39 is 28.6 Å². The molecule has 812 valence electrons. The molecule has 0 aromatic carbocycles. The Kier molecular flexibility index (Phi) is 71.7. The average Bonchev–Trinajstić information content (AvgIpc) is 1.61. The summed E-state index contributed by atoms with van der Waals surface area (Å²) in [5, 5.41) is 17.7. The first-order valence-corrected chi connectivity index (χ1v) is 50.7. The molecule has 0 aromatic rings. The van der Waals surface area contributed by atoms with Crippen LogP contribution in [-0.4, -0.2) is 263 Å². The van der Waals surface area contributed by atoms with E-state index in [0.717, 1.165) is 212 Å². The van der Waals surface area contributed by atoms with Crippen molar-refractivity contribution >= 4 is 59.8 Å². The second-order valence-electron chi connectivity index (χ2n) is 40.5. The van der Waals surface area contributed by atoms with Gasteiger partial charge in [-0.2, -0.15) is 0 Å². The zero-order valence-electron chi connectivity index (χ0n) is 82.0. The van der Waals surface area contributed by atoms with Gasteiger partial charge in [-0.1, -0.05) is 188 Å². The van der Waals surface area contributed by atoms with E-state index in [1.807, 2.05) is 57.1 Å². The van der Waals surface area contributed by atoms with Gasteiger partial charge in [0.25, 0.3) is 5.92 Å². The lowest BCUT2D eigenvalue weighted by atomic mass is 9.82. The van der Waals surface area contributed by atoms with Crippen molar-refractivity contribution in [3.05, 3.63) is 0 Å². The number of methoxy groups -OCH3 is 2. The van der Waals surface area contributed by atoms with Gasteiger partial charge >= 0.3 is 30.2 Å². The lowest BCUT2D eigenvalue weighted by molar-refractivity contribution is -0.154. The van der Waals surface area contributed by atoms with E-state index in [0.29, 0.717) is 117 Å². The minimum Gasteiger partial charge on any atom is -0.481 e. The van der Waals surface area contributed by atoms with Crippen molar-refractivity contribution in [2.24, 2.45) is 45.8 Å². The molecule has 0 aromatic heterocycles. The Hall–Kier alpha value is -6.12. The van der Waals surface area contributed by atoms with Crippen molar-refractivity contribution in [2.45, 2.75) is 514 Å². The Labute approximate surface area is 838 Å². The Morgan fingerprint density at radius 1 is 0.409 bits per heavy atom. The lowest BCUT2D eigenvalue weighted by Crippen LogP contribution is -2.39. The fourth-order valence-corrected chi connectivity index (χ4v) is 15.9. The predicted molar refractivity (Wildman–Crippen MR) is 560 cm³/mol. The zero-order chi connectivity index (χ0) is 93.6. The number of amides is 8. The topological polar surface area (TPSA) is 283 Å². The van der Waals surface area contributed by atoms with Crippen LogP contribution in [0.2, 0.25) is 0 Å². The van der Waals surface area contributed by atoms with Gasteiger partial charge in [0.1, 0.15) is 0 Å². The summed E-state index contributed by atoms with van der Waals surface area (Å²) >= 11 is 0. The molecule has 27 heteroatoms. The molecule has 14 aliphatic carbocycles. The van der Waals surface area contributed by atoms with Crippen LogP contribution < -0.4 is 0 Å². The molecule has 0 bridgehead atoms. The molecular formula is C110H216F2N8O17. The predicted octanol–water partition coefficient (Wildman–Crippen LogP) is 26.2. The Balaban J connectivity index is -0.000000475. The standard InChI is InChI=1S/C13H23NO3.C12H19F2NO.C12H21NO3.C12H19NO3.C12H21NO2.C12H21NO.C11H21NO2.C9H17NO2.C7H14.10CH4/c1-5-8-14(10-6-7-10)11(15)9-13(2,3)12(16)17-4;1-2-7-15(10-4-5-10)11(16)6-3-9-8-12(9,13)14;1-3-6-13(10-4-5-10)12(14)16-8-9-7-11(9)15-2;1-2-7-13(9-3-4-9)10(14)8-12(5-6-12)11(15)16;1-3-8-13(10-4-5-10)11(14)15-9-12(2)6-7-12;1-2-9-13(11-6-7-11)12(14)8-5-10-3-4-10;1-4-7-12(9(2)3)11(13)14-8-10-5-6-10;1-2-6-10(8-3-4-8)9(12)5-7-11;1-2-4-7-5-3-6-7;;;;;;;;;;/h10H,5-9H2,1-4H3;9-10H,2-8H2,1H3;9-11H,3-8H2,1-2H3;9H,2-8H2,1H3,(H,15,16);10H,3-9H2,1-2H3;10-11H,2-9H2,1H3;9-10H,4-8H2,1-3H3;8,11H,2-7H2,1H3;7H,2-6H2,1H3;10*1H4. The summed E-state index contributed by atoms with van der Waals surface area (Å²) in [5.41, 5.74) is -1.14. The van der Waals surface area contributed by atoms with Gasteiger partial charge in [0.05, 0.1) is 50.5 Å². The fourth-order valence-electron chi connectivity index (χ4n) is 15.9. The third-order valence-electron chi connectivity index (χ3n) is 26.4. The minimum absolute atomic E-state index is 0. The number of alkyl halides is 2. The molecule has 3 atom stereocenters. The lowest BCUT2D eigenvalue weighted by Gasteiger charge is -2.27. The maximum Gasteiger partial charge on any atom is 0.410 e. The molecule has 25 nitrogen and oxygen atoms in total. The molecule has 0 spiro atoms. The number of aliphatic carboxylic acids is 1. The zero-order valence-corrected chi connectivity index (χ0v) is 82.0. The minimum atomic E-state index is -2.48. The first-order chi connectivity index (χ1) is 60.6. The molecule has 2 N–H and O–H groups in total. The molecule has 3 unspecified atom stereocenters. The van der Waals surface area contributed by atoms with Crippen LogP contribution in [-0.2, 0) is 57.2 Å². The van der Waals surface area contributed by atoms with Gasteiger partial charge in [0.15, 0.2) is 0 Å². The molecular weight excluding hydrogens is 1740 g/mol. The third-order valence-corrected chi connectivity index (χ3v) is 26.4. The molecule has 8 amide bonds. The number of aliphatic hydroxyl groups is 1. The quantitative estimate of drug-likeness (QED) is 0.0423. The van der Waals surface area contributed by atoms with E-state index in [4.69, 9.17) is 33.9 Å². The maximum atomic E-state index is 12.6. The first kappa shape index (κ1) is 139. The van der Waals surface area contributed by atoms with E-state index in [2.05, 4.69) is 60.3 Å². The Morgan fingerprint density at radius 3 is 1.04 bits per heavy atom. The van der Waals surface area contributed by atoms with E-state index >= 15 is 0 Å². The smallest absolute Gasteiger partial charge is 0.410 e.